The van der Waals surface area contributed by atoms with Gasteiger partial charge in [0.05, 0.1) is 12.0 Å². The fourth-order valence-corrected chi connectivity index (χ4v) is 5.66. The minimum Gasteiger partial charge on any atom is -0.453 e. The van der Waals surface area contributed by atoms with E-state index in [2.05, 4.69) is 0 Å². The monoisotopic (exact) mass is 633 g/mol. The van der Waals surface area contributed by atoms with E-state index in [-0.39, 0.29) is 31.0 Å². The molecule has 1 saturated heterocycles. The molecule has 0 aliphatic carbocycles. The summed E-state index contributed by atoms with van der Waals surface area (Å²) in [7, 11) is 0. The molecule has 0 saturated carbocycles. The number of aryl methyl sites for hydroxylation is 1. The molecule has 1 aliphatic heterocycles. The second kappa shape index (κ2) is 18.8. The van der Waals surface area contributed by atoms with Gasteiger partial charge < -0.3 is 14.6 Å². The third-order valence-corrected chi connectivity index (χ3v) is 8.16. The number of aliphatic hydroxyl groups is 1. The number of ether oxygens (including phenoxy) is 2. The molecule has 1 fully saturated rings. The summed E-state index contributed by atoms with van der Waals surface area (Å²) in [6.07, 6.45) is 7.03. The molecule has 9 heteroatoms. The summed E-state index contributed by atoms with van der Waals surface area (Å²) in [6, 6.07) is 16.0. The third kappa shape index (κ3) is 11.1. The zero-order chi connectivity index (χ0) is 33.5. The van der Waals surface area contributed by atoms with E-state index in [0.717, 1.165) is 67.9 Å². The van der Waals surface area contributed by atoms with Gasteiger partial charge >= 0.3 is 12.1 Å². The quantitative estimate of drug-likeness (QED) is 0.110. The van der Waals surface area contributed by atoms with Gasteiger partial charge in [0.1, 0.15) is 6.61 Å². The first-order valence-corrected chi connectivity index (χ1v) is 16.3. The van der Waals surface area contributed by atoms with E-state index < -0.39 is 41.8 Å². The third-order valence-electron chi connectivity index (χ3n) is 8.16. The molecule has 0 spiro atoms. The normalized spacial score (nSPS) is 16.1. The molecule has 3 unspecified atom stereocenters. The predicted molar refractivity (Wildman–Crippen MR) is 175 cm³/mol. The van der Waals surface area contributed by atoms with Gasteiger partial charge in [-0.2, -0.15) is 0 Å². The Morgan fingerprint density at radius 3 is 2.24 bits per heavy atom. The number of hydrogen-bond acceptors (Lipinski definition) is 8. The summed E-state index contributed by atoms with van der Waals surface area (Å²) in [4.78, 5) is 66.8. The van der Waals surface area contributed by atoms with E-state index in [4.69, 9.17) is 14.6 Å². The molecule has 3 atom stereocenters. The lowest BCUT2D eigenvalue weighted by Gasteiger charge is -2.26. The van der Waals surface area contributed by atoms with Crippen LogP contribution >= 0.6 is 0 Å². The lowest BCUT2D eigenvalue weighted by Crippen LogP contribution is -2.48. The first kappa shape index (κ1) is 36.4. The van der Waals surface area contributed by atoms with Crippen molar-refractivity contribution >= 4 is 35.1 Å². The van der Waals surface area contributed by atoms with Crippen molar-refractivity contribution in [2.75, 3.05) is 13.2 Å². The highest BCUT2D eigenvalue weighted by molar-refractivity contribution is 6.25. The molecule has 0 bridgehead atoms. The van der Waals surface area contributed by atoms with Crippen molar-refractivity contribution in [3.05, 3.63) is 77.4 Å². The lowest BCUT2D eigenvalue weighted by atomic mass is 9.92. The maximum atomic E-state index is 13.8. The number of imide groups is 1. The Morgan fingerprint density at radius 2 is 1.61 bits per heavy atom. The zero-order valence-corrected chi connectivity index (χ0v) is 27.2. The average molecular weight is 634 g/mol. The minimum atomic E-state index is -1.55. The number of esters is 1. The maximum Gasteiger partial charge on any atom is 0.416 e. The number of nitrogens with zero attached hydrogens (tertiary/aromatic N) is 1. The van der Waals surface area contributed by atoms with Gasteiger partial charge in [0.2, 0.25) is 5.91 Å². The topological polar surface area (TPSA) is 127 Å². The highest BCUT2D eigenvalue weighted by Gasteiger charge is 2.43. The van der Waals surface area contributed by atoms with E-state index in [1.807, 2.05) is 49.4 Å². The zero-order valence-electron chi connectivity index (χ0n) is 27.2. The highest BCUT2D eigenvalue weighted by atomic mass is 16.6. The molecule has 3 rings (SSSR count). The molecule has 46 heavy (non-hydrogen) atoms. The van der Waals surface area contributed by atoms with Gasteiger partial charge in [-0.25, -0.2) is 9.69 Å². The Kier molecular flexibility index (Phi) is 14.8. The van der Waals surface area contributed by atoms with Crippen LogP contribution in [-0.2, 0) is 35.1 Å². The van der Waals surface area contributed by atoms with Crippen LogP contribution in [0.1, 0.15) is 88.3 Å². The fraction of sp³-hybridized carbons (Fsp3) is 0.486. The Hall–Kier alpha value is -4.11. The van der Waals surface area contributed by atoms with Crippen LogP contribution in [0, 0.1) is 12.8 Å². The number of benzene rings is 2. The molecule has 2 aromatic rings. The summed E-state index contributed by atoms with van der Waals surface area (Å²) in [5, 5.41) is 8.90. The summed E-state index contributed by atoms with van der Waals surface area (Å²) in [6.45, 7) is 4.69. The maximum absolute atomic E-state index is 13.8. The first-order valence-electron chi connectivity index (χ1n) is 16.3. The number of cyclic esters (lactones) is 1. The van der Waals surface area contributed by atoms with Crippen molar-refractivity contribution in [2.24, 2.45) is 5.92 Å². The van der Waals surface area contributed by atoms with Crippen molar-refractivity contribution in [1.29, 1.82) is 0 Å². The molecular weight excluding hydrogens is 586 g/mol. The number of carbonyl (C=O) groups is 5. The molecule has 2 aromatic carbocycles. The number of ketones is 2. The second-order valence-corrected chi connectivity index (χ2v) is 12.0. The highest BCUT2D eigenvalue weighted by Crippen LogP contribution is 2.25. The van der Waals surface area contributed by atoms with Gasteiger partial charge in [0.25, 0.3) is 0 Å². The summed E-state index contributed by atoms with van der Waals surface area (Å²) in [5.41, 5.74) is 2.57. The molecule has 1 N–H and O–H groups in total. The number of allylic oxidation sites excluding steroid dienone is 1. The van der Waals surface area contributed by atoms with Gasteiger partial charge in [0.15, 0.2) is 17.7 Å². The second-order valence-electron chi connectivity index (χ2n) is 12.0. The first-order chi connectivity index (χ1) is 22.1. The molecule has 0 radical (unpaired) electrons. The van der Waals surface area contributed by atoms with Crippen LogP contribution in [0.2, 0.25) is 0 Å². The summed E-state index contributed by atoms with van der Waals surface area (Å²) < 4.78 is 10.6. The number of rotatable bonds is 19. The SMILES string of the molecule is CC(=O)OC(C(=O)C=C(C(=O)CCCCCCCCCCO)c1cccc(C)c1)C(C)C(=O)N1C(=O)OCC1Cc1ccccc1. The Balaban J connectivity index is 1.77. The smallest absolute Gasteiger partial charge is 0.416 e. The largest absolute Gasteiger partial charge is 0.453 e. The van der Waals surface area contributed by atoms with Crippen molar-refractivity contribution in [3.63, 3.8) is 0 Å². The lowest BCUT2D eigenvalue weighted by molar-refractivity contribution is -0.158. The number of aliphatic hydroxyl groups excluding tert-OH is 1. The minimum absolute atomic E-state index is 0.00793. The van der Waals surface area contributed by atoms with Crippen molar-refractivity contribution in [2.45, 2.75) is 97.1 Å². The Morgan fingerprint density at radius 1 is 0.957 bits per heavy atom. The van der Waals surface area contributed by atoms with E-state index in [0.29, 0.717) is 18.4 Å². The molecule has 9 nitrogen and oxygen atoms in total. The number of unbranched alkanes of at least 4 members (excludes halogenated alkanes) is 7. The van der Waals surface area contributed by atoms with E-state index in [1.165, 1.54) is 13.0 Å². The van der Waals surface area contributed by atoms with Crippen LogP contribution in [-0.4, -0.2) is 64.9 Å². The van der Waals surface area contributed by atoms with Crippen LogP contribution in [0.3, 0.4) is 0 Å². The number of hydrogen-bond donors (Lipinski definition) is 1. The molecule has 1 heterocycles. The standard InChI is InChI=1S/C37H47NO8/c1-26-16-15-19-30(22-26)32(33(41)20-13-8-6-4-5-7-9-14-21-39)24-34(42)35(46-28(3)40)27(2)36(43)38-31(25-45-37(38)44)23-29-17-11-10-12-18-29/h10-12,15-19,22,24,27,31,35,39H,4-9,13-14,20-21,23,25H2,1-3H3. The average Bonchev–Trinajstić information content (AvgIpc) is 3.40. The molecular formula is C37H47NO8. The van der Waals surface area contributed by atoms with Crippen LogP contribution in [0.15, 0.2) is 60.7 Å². The number of amides is 2. The van der Waals surface area contributed by atoms with E-state index in [9.17, 15) is 24.0 Å². The summed E-state index contributed by atoms with van der Waals surface area (Å²) in [5.74, 6) is -3.61. The molecule has 1 aliphatic rings. The molecule has 248 valence electrons. The Bertz CT molecular complexity index is 1370. The van der Waals surface area contributed by atoms with Crippen molar-refractivity contribution < 1.29 is 38.6 Å². The van der Waals surface area contributed by atoms with E-state index in [1.54, 1.807) is 12.1 Å². The van der Waals surface area contributed by atoms with E-state index >= 15 is 0 Å². The van der Waals surface area contributed by atoms with Crippen LogP contribution in [0.25, 0.3) is 5.57 Å². The van der Waals surface area contributed by atoms with Gasteiger partial charge in [0, 0.05) is 25.5 Å². The van der Waals surface area contributed by atoms with Crippen LogP contribution < -0.4 is 0 Å². The van der Waals surface area contributed by atoms with Crippen molar-refractivity contribution in [1.82, 2.24) is 4.90 Å². The van der Waals surface area contributed by atoms with Gasteiger partial charge in [-0.3, -0.25) is 19.2 Å². The van der Waals surface area contributed by atoms with Gasteiger partial charge in [-0.15, -0.1) is 0 Å². The van der Waals surface area contributed by atoms with Crippen LogP contribution in [0.4, 0.5) is 4.79 Å². The predicted octanol–water partition coefficient (Wildman–Crippen LogP) is 6.18. The van der Waals surface area contributed by atoms with Gasteiger partial charge in [-0.1, -0.05) is 98.7 Å². The molecule has 2 amide bonds. The fourth-order valence-electron chi connectivity index (χ4n) is 5.66. The summed E-state index contributed by atoms with van der Waals surface area (Å²) >= 11 is 0. The number of carbonyl (C=O) groups excluding carboxylic acids is 5. The van der Waals surface area contributed by atoms with Gasteiger partial charge in [-0.05, 0) is 50.3 Å². The Labute approximate surface area is 272 Å². The van der Waals surface area contributed by atoms with Crippen molar-refractivity contribution in [3.8, 4) is 0 Å². The number of Topliss-reactive ketones (excluding diaryl/α,β-unsaturated/α-hetero) is 1. The van der Waals surface area contributed by atoms with Crippen LogP contribution in [0.5, 0.6) is 0 Å². The molecule has 0 aromatic heterocycles.